The highest BCUT2D eigenvalue weighted by Crippen LogP contribution is 2.43. The SMILES string of the molecule is CN1C(=O)Oc2ccc(Br)cc2C1C1CCCCC1=O. The molecule has 1 saturated carbocycles. The van der Waals surface area contributed by atoms with Crippen LogP contribution in [0.3, 0.4) is 0 Å². The van der Waals surface area contributed by atoms with Crippen molar-refractivity contribution in [3.05, 3.63) is 28.2 Å². The number of amides is 1. The zero-order valence-corrected chi connectivity index (χ0v) is 12.9. The molecular formula is C15H16BrNO3. The zero-order valence-electron chi connectivity index (χ0n) is 11.3. The van der Waals surface area contributed by atoms with E-state index in [9.17, 15) is 9.59 Å². The standard InChI is InChI=1S/C15H16BrNO3/c1-17-14(10-4-2-3-5-12(10)18)11-8-9(16)6-7-13(11)20-15(17)19/h6-8,10,14H,2-5H2,1H3. The van der Waals surface area contributed by atoms with Crippen LogP contribution >= 0.6 is 15.9 Å². The minimum atomic E-state index is -0.386. The van der Waals surface area contributed by atoms with Gasteiger partial charge in [-0.15, -0.1) is 0 Å². The van der Waals surface area contributed by atoms with Gasteiger partial charge in [0.25, 0.3) is 0 Å². The van der Waals surface area contributed by atoms with Gasteiger partial charge in [0.15, 0.2) is 0 Å². The Morgan fingerprint density at radius 3 is 2.85 bits per heavy atom. The van der Waals surface area contributed by atoms with Crippen LogP contribution in [-0.4, -0.2) is 23.8 Å². The van der Waals surface area contributed by atoms with E-state index in [4.69, 9.17) is 4.74 Å². The molecule has 0 spiro atoms. The molecule has 5 heteroatoms. The number of benzene rings is 1. The fourth-order valence-electron chi connectivity index (χ4n) is 3.16. The molecule has 1 aromatic rings. The summed E-state index contributed by atoms with van der Waals surface area (Å²) in [6, 6.07) is 5.36. The maximum Gasteiger partial charge on any atom is 0.415 e. The normalized spacial score (nSPS) is 26.2. The Morgan fingerprint density at radius 2 is 2.10 bits per heavy atom. The molecule has 1 aliphatic heterocycles. The number of rotatable bonds is 1. The van der Waals surface area contributed by atoms with Gasteiger partial charge in [0.1, 0.15) is 11.5 Å². The van der Waals surface area contributed by atoms with E-state index in [-0.39, 0.29) is 23.8 Å². The Kier molecular flexibility index (Phi) is 3.54. The average Bonchev–Trinajstić information content (AvgIpc) is 2.42. The molecule has 0 N–H and O–H groups in total. The molecule has 1 amide bonds. The largest absolute Gasteiger partial charge is 0.415 e. The number of hydrogen-bond acceptors (Lipinski definition) is 3. The molecule has 0 saturated heterocycles. The number of fused-ring (bicyclic) bond motifs is 1. The molecule has 106 valence electrons. The zero-order chi connectivity index (χ0) is 14.3. The van der Waals surface area contributed by atoms with E-state index in [1.54, 1.807) is 18.0 Å². The lowest BCUT2D eigenvalue weighted by atomic mass is 9.79. The molecule has 2 aliphatic rings. The fourth-order valence-corrected chi connectivity index (χ4v) is 3.54. The van der Waals surface area contributed by atoms with E-state index in [0.29, 0.717) is 12.2 Å². The van der Waals surface area contributed by atoms with Crippen molar-refractivity contribution in [2.75, 3.05) is 7.05 Å². The lowest BCUT2D eigenvalue weighted by Gasteiger charge is -2.39. The second kappa shape index (κ2) is 5.20. The summed E-state index contributed by atoms with van der Waals surface area (Å²) in [6.45, 7) is 0. The Bertz CT molecular complexity index is 572. The monoisotopic (exact) mass is 337 g/mol. The third kappa shape index (κ3) is 2.24. The molecule has 2 atom stereocenters. The molecular weight excluding hydrogens is 322 g/mol. The number of nitrogens with zero attached hydrogens (tertiary/aromatic N) is 1. The number of ether oxygens (including phenoxy) is 1. The van der Waals surface area contributed by atoms with Gasteiger partial charge in [-0.3, -0.25) is 4.79 Å². The van der Waals surface area contributed by atoms with Gasteiger partial charge >= 0.3 is 6.09 Å². The van der Waals surface area contributed by atoms with Crippen molar-refractivity contribution < 1.29 is 14.3 Å². The van der Waals surface area contributed by atoms with Crippen LogP contribution in [0.15, 0.2) is 22.7 Å². The maximum atomic E-state index is 12.2. The Balaban J connectivity index is 2.06. The molecule has 1 aliphatic carbocycles. The maximum absolute atomic E-state index is 12.2. The van der Waals surface area contributed by atoms with Gasteiger partial charge in [-0.05, 0) is 31.0 Å². The summed E-state index contributed by atoms with van der Waals surface area (Å²) >= 11 is 3.45. The van der Waals surface area contributed by atoms with Gasteiger partial charge in [-0.2, -0.15) is 0 Å². The first-order valence-corrected chi connectivity index (χ1v) is 7.64. The van der Waals surface area contributed by atoms with E-state index < -0.39 is 0 Å². The third-order valence-electron chi connectivity index (χ3n) is 4.18. The summed E-state index contributed by atoms with van der Waals surface area (Å²) in [6.07, 6.45) is 3.07. The highest BCUT2D eigenvalue weighted by atomic mass is 79.9. The summed E-state index contributed by atoms with van der Waals surface area (Å²) in [5.74, 6) is 0.711. The van der Waals surface area contributed by atoms with Gasteiger partial charge in [-0.25, -0.2) is 4.79 Å². The van der Waals surface area contributed by atoms with Gasteiger partial charge in [0.05, 0.1) is 6.04 Å². The first-order chi connectivity index (χ1) is 9.58. The van der Waals surface area contributed by atoms with Crippen molar-refractivity contribution in [3.63, 3.8) is 0 Å². The van der Waals surface area contributed by atoms with Crippen LogP contribution in [0, 0.1) is 5.92 Å². The molecule has 2 unspecified atom stereocenters. The smallest absolute Gasteiger partial charge is 0.410 e. The van der Waals surface area contributed by atoms with Gasteiger partial charge in [-0.1, -0.05) is 22.4 Å². The minimum absolute atomic E-state index is 0.116. The molecule has 20 heavy (non-hydrogen) atoms. The summed E-state index contributed by atoms with van der Waals surface area (Å²) in [5, 5.41) is 0. The summed E-state index contributed by atoms with van der Waals surface area (Å²) in [5.41, 5.74) is 0.918. The van der Waals surface area contributed by atoms with Crippen LogP contribution in [0.2, 0.25) is 0 Å². The van der Waals surface area contributed by atoms with Crippen LogP contribution < -0.4 is 4.74 Å². The second-order valence-electron chi connectivity index (χ2n) is 5.42. The van der Waals surface area contributed by atoms with Crippen molar-refractivity contribution in [3.8, 4) is 5.75 Å². The Labute approximate surface area is 126 Å². The molecule has 1 aromatic carbocycles. The lowest BCUT2D eigenvalue weighted by molar-refractivity contribution is -0.126. The molecule has 3 rings (SSSR count). The van der Waals surface area contributed by atoms with Crippen LogP contribution in [0.25, 0.3) is 0 Å². The van der Waals surface area contributed by atoms with Crippen molar-refractivity contribution >= 4 is 27.8 Å². The van der Waals surface area contributed by atoms with Crippen molar-refractivity contribution in [1.82, 2.24) is 4.90 Å². The van der Waals surface area contributed by atoms with Crippen LogP contribution in [0.4, 0.5) is 4.79 Å². The van der Waals surface area contributed by atoms with Crippen molar-refractivity contribution in [1.29, 1.82) is 0 Å². The minimum Gasteiger partial charge on any atom is -0.410 e. The topological polar surface area (TPSA) is 46.6 Å². The number of carbonyl (C=O) groups is 2. The molecule has 0 aromatic heterocycles. The van der Waals surface area contributed by atoms with Crippen LogP contribution in [0.1, 0.15) is 37.3 Å². The molecule has 0 radical (unpaired) electrons. The summed E-state index contributed by atoms with van der Waals surface area (Å²) in [7, 11) is 1.71. The quantitative estimate of drug-likeness (QED) is 0.785. The summed E-state index contributed by atoms with van der Waals surface area (Å²) in [4.78, 5) is 25.8. The highest BCUT2D eigenvalue weighted by molar-refractivity contribution is 9.10. The average molecular weight is 338 g/mol. The van der Waals surface area contributed by atoms with E-state index in [2.05, 4.69) is 15.9 Å². The fraction of sp³-hybridized carbons (Fsp3) is 0.467. The first kappa shape index (κ1) is 13.6. The molecule has 1 fully saturated rings. The van der Waals surface area contributed by atoms with Gasteiger partial charge in [0.2, 0.25) is 0 Å². The third-order valence-corrected chi connectivity index (χ3v) is 4.67. The molecule has 0 bridgehead atoms. The van der Waals surface area contributed by atoms with E-state index >= 15 is 0 Å². The number of hydrogen-bond donors (Lipinski definition) is 0. The lowest BCUT2D eigenvalue weighted by Crippen LogP contribution is -2.44. The van der Waals surface area contributed by atoms with Gasteiger partial charge in [0, 0.05) is 29.4 Å². The Hall–Kier alpha value is -1.36. The van der Waals surface area contributed by atoms with Crippen LogP contribution in [-0.2, 0) is 4.79 Å². The first-order valence-electron chi connectivity index (χ1n) is 6.85. The van der Waals surface area contributed by atoms with E-state index in [1.165, 1.54) is 0 Å². The Morgan fingerprint density at radius 1 is 1.30 bits per heavy atom. The number of carbonyl (C=O) groups excluding carboxylic acids is 2. The number of ketones is 1. The highest BCUT2D eigenvalue weighted by Gasteiger charge is 2.40. The van der Waals surface area contributed by atoms with Crippen molar-refractivity contribution in [2.24, 2.45) is 5.92 Å². The van der Waals surface area contributed by atoms with Crippen LogP contribution in [0.5, 0.6) is 5.75 Å². The predicted molar refractivity (Wildman–Crippen MR) is 77.6 cm³/mol. The summed E-state index contributed by atoms with van der Waals surface area (Å²) < 4.78 is 6.24. The predicted octanol–water partition coefficient (Wildman–Crippen LogP) is 3.69. The number of Topliss-reactive ketones (excluding diaryl/α,β-unsaturated/α-hetero) is 1. The van der Waals surface area contributed by atoms with Crippen molar-refractivity contribution in [2.45, 2.75) is 31.7 Å². The van der Waals surface area contributed by atoms with E-state index in [0.717, 1.165) is 29.3 Å². The number of halogens is 1. The second-order valence-corrected chi connectivity index (χ2v) is 6.34. The van der Waals surface area contributed by atoms with Gasteiger partial charge < -0.3 is 9.64 Å². The van der Waals surface area contributed by atoms with E-state index in [1.807, 2.05) is 12.1 Å². The molecule has 4 nitrogen and oxygen atoms in total. The molecule has 1 heterocycles.